The lowest BCUT2D eigenvalue weighted by molar-refractivity contribution is 1.16. The van der Waals surface area contributed by atoms with Crippen LogP contribution in [0.4, 0.5) is 0 Å². The average molecular weight is 164 g/mol. The van der Waals surface area contributed by atoms with Crippen LogP contribution in [0.15, 0.2) is 12.3 Å². The van der Waals surface area contributed by atoms with Crippen LogP contribution in [-0.4, -0.2) is 17.8 Å². The molecule has 1 rings (SSSR count). The number of rotatable bonds is 2. The van der Waals surface area contributed by atoms with Crippen LogP contribution in [0.1, 0.15) is 11.3 Å². The molecule has 1 radical (unpaired) electrons. The number of aryl methyl sites for hydroxylation is 2. The molecule has 0 bridgehead atoms. The maximum Gasteiger partial charge on any atom is 0.231 e. The van der Waals surface area contributed by atoms with Crippen LogP contribution >= 0.6 is 11.6 Å². The van der Waals surface area contributed by atoms with E-state index < -0.39 is 0 Å². The third-order valence-electron chi connectivity index (χ3n) is 1.62. The van der Waals surface area contributed by atoms with Gasteiger partial charge in [0.25, 0.3) is 0 Å². The Kier molecular flexibility index (Phi) is 3.00. The Balaban J connectivity index is 2.86. The molecular weight excluding hydrogens is 153 g/mol. The Labute approximate surface area is 72.8 Å². The predicted molar refractivity (Wildman–Crippen MR) is 52.6 cm³/mol. The molecule has 0 aliphatic rings. The summed E-state index contributed by atoms with van der Waals surface area (Å²) in [5.74, 6) is 0. The Bertz CT molecular complexity index is 250. The second-order valence-corrected chi connectivity index (χ2v) is 3.23. The highest BCUT2D eigenvalue weighted by Crippen LogP contribution is 1.99. The Morgan fingerprint density at radius 2 is 2.18 bits per heavy atom. The van der Waals surface area contributed by atoms with Crippen molar-refractivity contribution in [1.29, 1.82) is 0 Å². The summed E-state index contributed by atoms with van der Waals surface area (Å²) in [6.45, 7) is 6.21. The van der Waals surface area contributed by atoms with Gasteiger partial charge in [0, 0.05) is 11.9 Å². The van der Waals surface area contributed by atoms with E-state index in [0.717, 1.165) is 5.69 Å². The van der Waals surface area contributed by atoms with Gasteiger partial charge in [0.05, 0.1) is 0 Å². The number of aromatic nitrogens is 1. The van der Waals surface area contributed by atoms with Gasteiger partial charge in [-0.15, -0.1) is 0 Å². The van der Waals surface area contributed by atoms with Crippen LogP contribution in [0.5, 0.6) is 0 Å². The van der Waals surface area contributed by atoms with Gasteiger partial charge in [0.1, 0.15) is 0 Å². The first-order valence-corrected chi connectivity index (χ1v) is 4.82. The highest BCUT2D eigenvalue weighted by Gasteiger charge is 1.97. The van der Waals surface area contributed by atoms with E-state index in [4.69, 9.17) is 0 Å². The average Bonchev–Trinajstić information content (AvgIpc) is 1.98. The maximum atomic E-state index is 4.25. The van der Waals surface area contributed by atoms with Crippen LogP contribution < -0.4 is 5.46 Å². The third-order valence-corrected chi connectivity index (χ3v) is 2.12. The minimum atomic E-state index is 1.11. The van der Waals surface area contributed by atoms with Crippen molar-refractivity contribution in [2.45, 2.75) is 13.8 Å². The molecule has 0 spiro atoms. The number of hydrogen-bond donors (Lipinski definition) is 0. The normalized spacial score (nSPS) is 9.73. The van der Waals surface area contributed by atoms with Gasteiger partial charge in [-0.05, 0) is 25.7 Å². The highest BCUT2D eigenvalue weighted by molar-refractivity contribution is 8.23. The molecule has 1 aromatic rings. The van der Waals surface area contributed by atoms with E-state index in [2.05, 4.69) is 30.8 Å². The van der Waals surface area contributed by atoms with Crippen molar-refractivity contribution >= 4 is 23.6 Å². The zero-order valence-electron chi connectivity index (χ0n) is 7.09. The van der Waals surface area contributed by atoms with E-state index in [1.165, 1.54) is 11.0 Å². The zero-order valence-corrected chi connectivity index (χ0v) is 7.90. The van der Waals surface area contributed by atoms with Gasteiger partial charge in [-0.2, -0.15) is 0 Å². The van der Waals surface area contributed by atoms with Gasteiger partial charge < -0.3 is 0 Å². The number of nitrogens with zero attached hydrogens (tertiary/aromatic N) is 1. The summed E-state index contributed by atoms with van der Waals surface area (Å²) in [5, 5.41) is 0. The minimum Gasteiger partial charge on any atom is -0.262 e. The molecule has 0 saturated heterocycles. The van der Waals surface area contributed by atoms with Gasteiger partial charge in [-0.1, -0.05) is 11.5 Å². The van der Waals surface area contributed by atoms with Gasteiger partial charge in [0.15, 0.2) is 0 Å². The lowest BCUT2D eigenvalue weighted by atomic mass is 9.95. The quantitative estimate of drug-likeness (QED) is 0.611. The molecule has 11 heavy (non-hydrogen) atoms. The fourth-order valence-corrected chi connectivity index (χ4v) is 1.27. The van der Waals surface area contributed by atoms with Crippen LogP contribution in [-0.2, 0) is 0 Å². The van der Waals surface area contributed by atoms with Crippen molar-refractivity contribution in [1.82, 2.24) is 4.98 Å². The van der Waals surface area contributed by atoms with E-state index in [1.807, 2.05) is 13.1 Å². The summed E-state index contributed by atoms with van der Waals surface area (Å²) in [5.41, 5.74) is 3.57. The topological polar surface area (TPSA) is 12.9 Å². The highest BCUT2D eigenvalue weighted by atomic mass is 32.2. The maximum absolute atomic E-state index is 4.25. The molecule has 57 valence electrons. The molecule has 0 saturated carbocycles. The summed E-state index contributed by atoms with van der Waals surface area (Å²) < 4.78 is 0. The van der Waals surface area contributed by atoms with E-state index in [1.54, 1.807) is 11.6 Å². The lowest BCUT2D eigenvalue weighted by Gasteiger charge is -2.00. The van der Waals surface area contributed by atoms with Crippen molar-refractivity contribution in [2.24, 2.45) is 0 Å². The SMILES string of the molecule is CS[B]c1cnc(C)c(C)c1. The Hall–Kier alpha value is -0.435. The summed E-state index contributed by atoms with van der Waals surface area (Å²) in [6.07, 6.45) is 3.95. The fourth-order valence-electron chi connectivity index (χ4n) is 0.865. The molecule has 1 nitrogen and oxygen atoms in total. The zero-order chi connectivity index (χ0) is 8.27. The molecule has 0 N–H and O–H groups in total. The smallest absolute Gasteiger partial charge is 0.231 e. The van der Waals surface area contributed by atoms with Gasteiger partial charge in [0.2, 0.25) is 6.56 Å². The van der Waals surface area contributed by atoms with Gasteiger partial charge in [-0.25, -0.2) is 11.6 Å². The van der Waals surface area contributed by atoms with Crippen molar-refractivity contribution in [3.8, 4) is 0 Å². The molecule has 0 aliphatic heterocycles. The first-order chi connectivity index (χ1) is 5.24. The fraction of sp³-hybridized carbons (Fsp3) is 0.375. The monoisotopic (exact) mass is 164 g/mol. The van der Waals surface area contributed by atoms with Crippen LogP contribution in [0.2, 0.25) is 0 Å². The van der Waals surface area contributed by atoms with E-state index >= 15 is 0 Å². The van der Waals surface area contributed by atoms with Crippen molar-refractivity contribution in [3.63, 3.8) is 0 Å². The first kappa shape index (κ1) is 8.66. The summed E-state index contributed by atoms with van der Waals surface area (Å²) in [4.78, 5) is 4.25. The van der Waals surface area contributed by atoms with Crippen molar-refractivity contribution < 1.29 is 0 Å². The van der Waals surface area contributed by atoms with Gasteiger partial charge in [-0.3, -0.25) is 4.98 Å². The largest absolute Gasteiger partial charge is 0.262 e. The second kappa shape index (κ2) is 3.81. The van der Waals surface area contributed by atoms with Crippen LogP contribution in [0.25, 0.3) is 0 Å². The predicted octanol–water partition coefficient (Wildman–Crippen LogP) is 1.31. The standard InChI is InChI=1S/C8H11BNS/c1-6-4-8(9-11-3)5-10-7(6)2/h4-5H,1-3H3. The van der Waals surface area contributed by atoms with Crippen molar-refractivity contribution in [2.75, 3.05) is 6.26 Å². The molecule has 0 amide bonds. The van der Waals surface area contributed by atoms with Gasteiger partial charge >= 0.3 is 0 Å². The molecule has 3 heteroatoms. The number of pyridine rings is 1. The first-order valence-electron chi connectivity index (χ1n) is 3.53. The third kappa shape index (κ3) is 2.26. The Morgan fingerprint density at radius 3 is 2.73 bits per heavy atom. The Morgan fingerprint density at radius 1 is 1.45 bits per heavy atom. The molecule has 1 heterocycles. The molecular formula is C8H11BNS. The van der Waals surface area contributed by atoms with Crippen LogP contribution in [0.3, 0.4) is 0 Å². The lowest BCUT2D eigenvalue weighted by Crippen LogP contribution is -2.12. The molecule has 0 fully saturated rings. The van der Waals surface area contributed by atoms with Crippen molar-refractivity contribution in [3.05, 3.63) is 23.5 Å². The second-order valence-electron chi connectivity index (χ2n) is 2.52. The number of hydrogen-bond acceptors (Lipinski definition) is 2. The molecule has 0 aliphatic carbocycles. The molecule has 0 unspecified atom stereocenters. The van der Waals surface area contributed by atoms with E-state index in [9.17, 15) is 0 Å². The molecule has 0 atom stereocenters. The summed E-state index contributed by atoms with van der Waals surface area (Å²) in [7, 11) is 0. The minimum absolute atomic E-state index is 1.11. The molecule has 1 aromatic heterocycles. The summed E-state index contributed by atoms with van der Waals surface area (Å²) in [6, 6.07) is 2.15. The van der Waals surface area contributed by atoms with E-state index in [0.29, 0.717) is 0 Å². The van der Waals surface area contributed by atoms with Crippen LogP contribution in [0, 0.1) is 13.8 Å². The molecule has 0 aromatic carbocycles. The summed E-state index contributed by atoms with van der Waals surface area (Å²) >= 11 is 1.70. The van der Waals surface area contributed by atoms with E-state index in [-0.39, 0.29) is 0 Å².